The van der Waals surface area contributed by atoms with Gasteiger partial charge in [0.15, 0.2) is 4.80 Å². The molecule has 0 radical (unpaired) electrons. The molecule has 0 saturated carbocycles. The number of nitrogens with one attached hydrogen (secondary N) is 1. The molecule has 0 unspecified atom stereocenters. The van der Waals surface area contributed by atoms with Crippen molar-refractivity contribution >= 4 is 44.9 Å². The Bertz CT molecular complexity index is 1790. The smallest absolute Gasteiger partial charge is 0.271 e. The van der Waals surface area contributed by atoms with Gasteiger partial charge in [-0.25, -0.2) is 4.99 Å². The van der Waals surface area contributed by atoms with Crippen LogP contribution in [0.1, 0.15) is 24.1 Å². The lowest BCUT2D eigenvalue weighted by atomic mass is 9.94. The number of rotatable bonds is 6. The third kappa shape index (κ3) is 5.13. The van der Waals surface area contributed by atoms with E-state index >= 15 is 0 Å². The number of amides is 1. The van der Waals surface area contributed by atoms with Crippen LogP contribution in [0.15, 0.2) is 92.3 Å². The molecule has 5 rings (SSSR count). The predicted molar refractivity (Wildman–Crippen MR) is 154 cm³/mol. The molecule has 0 fully saturated rings. The Morgan fingerprint density at radius 1 is 1.10 bits per heavy atom. The lowest BCUT2D eigenvalue weighted by Gasteiger charge is -2.26. The van der Waals surface area contributed by atoms with Gasteiger partial charge in [0.1, 0.15) is 23.3 Å². The van der Waals surface area contributed by atoms with Crippen LogP contribution in [-0.2, 0) is 4.79 Å². The van der Waals surface area contributed by atoms with Crippen LogP contribution in [0.4, 0.5) is 5.69 Å². The summed E-state index contributed by atoms with van der Waals surface area (Å²) in [7, 11) is 3.09. The first kappa shape index (κ1) is 26.5. The van der Waals surface area contributed by atoms with Crippen LogP contribution >= 0.6 is 27.3 Å². The van der Waals surface area contributed by atoms with E-state index in [4.69, 9.17) is 9.47 Å². The maximum atomic E-state index is 13.9. The number of para-hydroxylation sites is 1. The summed E-state index contributed by atoms with van der Waals surface area (Å²) >= 11 is 4.54. The van der Waals surface area contributed by atoms with E-state index < -0.39 is 6.04 Å². The number of hydrogen-bond acceptors (Lipinski definition) is 7. The number of carbonyl (C=O) groups is 1. The fourth-order valence-corrected chi connectivity index (χ4v) is 5.88. The number of phenolic OH excluding ortho intramolecular Hbond substituents is 1. The molecular formula is C29H24BrN3O5S. The zero-order valence-electron chi connectivity index (χ0n) is 21.3. The molecule has 39 heavy (non-hydrogen) atoms. The van der Waals surface area contributed by atoms with Gasteiger partial charge >= 0.3 is 0 Å². The highest BCUT2D eigenvalue weighted by atomic mass is 79.9. The largest absolute Gasteiger partial charge is 0.507 e. The minimum atomic E-state index is -0.806. The third-order valence-electron chi connectivity index (χ3n) is 6.30. The topological polar surface area (TPSA) is 102 Å². The average Bonchev–Trinajstić information content (AvgIpc) is 3.24. The van der Waals surface area contributed by atoms with Gasteiger partial charge in [-0.1, -0.05) is 35.6 Å². The number of aromatic hydroxyl groups is 1. The van der Waals surface area contributed by atoms with Gasteiger partial charge in [-0.15, -0.1) is 0 Å². The van der Waals surface area contributed by atoms with Gasteiger partial charge in [0, 0.05) is 17.3 Å². The summed E-state index contributed by atoms with van der Waals surface area (Å²) in [6.45, 7) is 1.76. The van der Waals surface area contributed by atoms with Gasteiger partial charge in [-0.2, -0.15) is 0 Å². The molecule has 0 aliphatic carbocycles. The number of fused-ring (bicyclic) bond motifs is 1. The standard InChI is InChI=1S/C29H24BrN3O5S/c1-16-25(27(35)32-18-7-5-4-6-8-18)26(20-11-10-19(37-2)15-23(20)38-3)33-28(36)24(39-29(33)31-16)14-17-9-12-22(34)21(30)13-17/h4-15,26,34H,1-3H3,(H,32,35)/b24-14-/t26-/m1/s1. The van der Waals surface area contributed by atoms with Crippen LogP contribution in [0.3, 0.4) is 0 Å². The fourth-order valence-electron chi connectivity index (χ4n) is 4.43. The van der Waals surface area contributed by atoms with Crippen molar-refractivity contribution in [2.45, 2.75) is 13.0 Å². The molecule has 198 valence electrons. The number of methoxy groups -OCH3 is 2. The number of carbonyl (C=O) groups excluding carboxylic acids is 1. The van der Waals surface area contributed by atoms with Crippen LogP contribution in [0.5, 0.6) is 17.2 Å². The SMILES string of the molecule is COc1ccc([C@@H]2C(C(=O)Nc3ccccc3)=C(C)N=c3s/c(=C\c4ccc(O)c(Br)c4)c(=O)n32)c(OC)c1. The lowest BCUT2D eigenvalue weighted by molar-refractivity contribution is -0.113. The summed E-state index contributed by atoms with van der Waals surface area (Å²) in [5.41, 5.74) is 2.48. The first-order chi connectivity index (χ1) is 18.8. The summed E-state index contributed by atoms with van der Waals surface area (Å²) < 4.78 is 13.5. The van der Waals surface area contributed by atoms with E-state index in [0.717, 1.165) is 5.56 Å². The number of ether oxygens (including phenoxy) is 2. The van der Waals surface area contributed by atoms with Gasteiger partial charge in [-0.3, -0.25) is 14.2 Å². The average molecular weight is 606 g/mol. The number of halogens is 1. The van der Waals surface area contributed by atoms with Crippen molar-refractivity contribution < 1.29 is 19.4 Å². The number of aromatic nitrogens is 1. The molecule has 4 aromatic rings. The molecule has 1 atom stereocenters. The minimum Gasteiger partial charge on any atom is -0.507 e. The van der Waals surface area contributed by atoms with Gasteiger partial charge in [0.25, 0.3) is 11.5 Å². The van der Waals surface area contributed by atoms with E-state index in [-0.39, 0.29) is 17.2 Å². The molecule has 1 aromatic heterocycles. The first-order valence-corrected chi connectivity index (χ1v) is 13.5. The summed E-state index contributed by atoms with van der Waals surface area (Å²) in [5, 5.41) is 12.8. The van der Waals surface area contributed by atoms with Crippen molar-refractivity contribution in [1.29, 1.82) is 0 Å². The molecule has 10 heteroatoms. The highest BCUT2D eigenvalue weighted by molar-refractivity contribution is 9.10. The maximum Gasteiger partial charge on any atom is 0.271 e. The zero-order chi connectivity index (χ0) is 27.7. The van der Waals surface area contributed by atoms with Gasteiger partial charge < -0.3 is 19.9 Å². The van der Waals surface area contributed by atoms with Crippen LogP contribution in [-0.4, -0.2) is 29.8 Å². The molecule has 8 nitrogen and oxygen atoms in total. The highest BCUT2D eigenvalue weighted by Crippen LogP contribution is 2.37. The molecule has 2 N–H and O–H groups in total. The Hall–Kier alpha value is -4.15. The van der Waals surface area contributed by atoms with Gasteiger partial charge in [-0.05, 0) is 70.9 Å². The summed E-state index contributed by atoms with van der Waals surface area (Å²) in [6.07, 6.45) is 1.74. The summed E-state index contributed by atoms with van der Waals surface area (Å²) in [5.74, 6) is 0.778. The Kier molecular flexibility index (Phi) is 7.40. The second-order valence-corrected chi connectivity index (χ2v) is 10.6. The van der Waals surface area contributed by atoms with Crippen molar-refractivity contribution in [3.63, 3.8) is 0 Å². The van der Waals surface area contributed by atoms with Gasteiger partial charge in [0.05, 0.1) is 34.5 Å². The second-order valence-electron chi connectivity index (χ2n) is 8.72. The van der Waals surface area contributed by atoms with Crippen molar-refractivity contribution in [1.82, 2.24) is 4.57 Å². The van der Waals surface area contributed by atoms with Crippen molar-refractivity contribution in [3.8, 4) is 17.2 Å². The zero-order valence-corrected chi connectivity index (χ0v) is 23.7. The van der Waals surface area contributed by atoms with Crippen molar-refractivity contribution in [3.05, 3.63) is 113 Å². The number of hydrogen-bond donors (Lipinski definition) is 2. The number of nitrogens with zero attached hydrogens (tertiary/aromatic N) is 2. The monoisotopic (exact) mass is 605 g/mol. The Morgan fingerprint density at radius 2 is 1.87 bits per heavy atom. The highest BCUT2D eigenvalue weighted by Gasteiger charge is 2.34. The predicted octanol–water partition coefficient (Wildman–Crippen LogP) is 4.36. The van der Waals surface area contributed by atoms with Crippen LogP contribution in [0.2, 0.25) is 0 Å². The third-order valence-corrected chi connectivity index (χ3v) is 7.92. The first-order valence-electron chi connectivity index (χ1n) is 11.9. The maximum absolute atomic E-state index is 13.9. The Balaban J connectivity index is 1.72. The summed E-state index contributed by atoms with van der Waals surface area (Å²) in [4.78, 5) is 32.8. The molecule has 1 aliphatic heterocycles. The lowest BCUT2D eigenvalue weighted by Crippen LogP contribution is -2.40. The van der Waals surface area contributed by atoms with Crippen molar-refractivity contribution in [2.24, 2.45) is 4.99 Å². The molecule has 0 saturated heterocycles. The molecular weight excluding hydrogens is 582 g/mol. The molecule has 0 spiro atoms. The van der Waals surface area contributed by atoms with Crippen molar-refractivity contribution in [2.75, 3.05) is 19.5 Å². The number of thiazole rings is 1. The number of allylic oxidation sites excluding steroid dienone is 1. The van der Waals surface area contributed by atoms with E-state index in [2.05, 4.69) is 26.2 Å². The number of benzene rings is 3. The van der Waals surface area contributed by atoms with E-state index in [1.807, 2.05) is 18.2 Å². The number of anilines is 1. The Labute approximate surface area is 236 Å². The van der Waals surface area contributed by atoms with Crippen LogP contribution < -0.4 is 29.7 Å². The van der Waals surface area contributed by atoms with E-state index in [9.17, 15) is 14.7 Å². The fraction of sp³-hybridized carbons (Fsp3) is 0.138. The van der Waals surface area contributed by atoms with Gasteiger partial charge in [0.2, 0.25) is 0 Å². The van der Waals surface area contributed by atoms with Crippen LogP contribution in [0, 0.1) is 0 Å². The van der Waals surface area contributed by atoms with E-state index in [1.165, 1.54) is 23.0 Å². The minimum absolute atomic E-state index is 0.102. The van der Waals surface area contributed by atoms with Crippen LogP contribution in [0.25, 0.3) is 6.08 Å². The normalized spacial score (nSPS) is 15.0. The Morgan fingerprint density at radius 3 is 2.56 bits per heavy atom. The van der Waals surface area contributed by atoms with E-state index in [0.29, 0.717) is 47.8 Å². The molecule has 1 amide bonds. The van der Waals surface area contributed by atoms with E-state index in [1.54, 1.807) is 68.6 Å². The second kappa shape index (κ2) is 10.9. The molecule has 1 aliphatic rings. The molecule has 0 bridgehead atoms. The quantitative estimate of drug-likeness (QED) is 0.340. The number of phenols is 1. The molecule has 2 heterocycles. The summed E-state index contributed by atoms with van der Waals surface area (Å²) in [6, 6.07) is 18.6. The molecule has 3 aromatic carbocycles.